The molecular formula is C22H20FN3O4. The molecule has 1 aliphatic heterocycles. The fourth-order valence-electron chi connectivity index (χ4n) is 3.18. The Balaban J connectivity index is 1.44. The van der Waals surface area contributed by atoms with E-state index in [0.29, 0.717) is 54.8 Å². The molecule has 0 atom stereocenters. The van der Waals surface area contributed by atoms with Crippen LogP contribution in [0.15, 0.2) is 64.1 Å². The average molecular weight is 409 g/mol. The van der Waals surface area contributed by atoms with Crippen molar-refractivity contribution in [2.75, 3.05) is 36.6 Å². The molecule has 4 rings (SSSR count). The van der Waals surface area contributed by atoms with Gasteiger partial charge in [0.05, 0.1) is 36.4 Å². The number of carbonyl (C=O) groups is 1. The number of carboxylic acids is 1. The first-order valence-electron chi connectivity index (χ1n) is 9.45. The van der Waals surface area contributed by atoms with E-state index in [1.165, 1.54) is 18.3 Å². The summed E-state index contributed by atoms with van der Waals surface area (Å²) in [5.41, 5.74) is 4.89. The molecule has 2 aromatic carbocycles. The molecule has 0 bridgehead atoms. The minimum Gasteiger partial charge on any atom is -0.478 e. The van der Waals surface area contributed by atoms with Gasteiger partial charge in [0.15, 0.2) is 0 Å². The van der Waals surface area contributed by atoms with Crippen LogP contribution in [0.3, 0.4) is 0 Å². The van der Waals surface area contributed by atoms with Crippen LogP contribution in [0.2, 0.25) is 0 Å². The second-order valence-corrected chi connectivity index (χ2v) is 6.72. The Morgan fingerprint density at radius 3 is 2.77 bits per heavy atom. The summed E-state index contributed by atoms with van der Waals surface area (Å²) in [6.07, 6.45) is 1.50. The van der Waals surface area contributed by atoms with Gasteiger partial charge in [0, 0.05) is 18.7 Å². The van der Waals surface area contributed by atoms with Crippen LogP contribution in [-0.4, -0.2) is 43.6 Å². The van der Waals surface area contributed by atoms with E-state index in [4.69, 9.17) is 14.3 Å². The second kappa shape index (κ2) is 8.79. The van der Waals surface area contributed by atoms with Crippen molar-refractivity contribution in [1.29, 1.82) is 0 Å². The quantitative estimate of drug-likeness (QED) is 0.472. The monoisotopic (exact) mass is 409 g/mol. The van der Waals surface area contributed by atoms with Crippen molar-refractivity contribution in [3.8, 4) is 11.3 Å². The highest BCUT2D eigenvalue weighted by molar-refractivity contribution is 5.89. The zero-order chi connectivity index (χ0) is 20.9. The van der Waals surface area contributed by atoms with Crippen molar-refractivity contribution < 1.29 is 23.4 Å². The molecule has 30 heavy (non-hydrogen) atoms. The van der Waals surface area contributed by atoms with Gasteiger partial charge in [0.2, 0.25) is 0 Å². The smallest absolute Gasteiger partial charge is 0.335 e. The van der Waals surface area contributed by atoms with Crippen LogP contribution >= 0.6 is 0 Å². The Hall–Kier alpha value is -3.65. The summed E-state index contributed by atoms with van der Waals surface area (Å²) in [6.45, 7) is 2.43. The highest BCUT2D eigenvalue weighted by Crippen LogP contribution is 2.25. The number of rotatable bonds is 6. The molecule has 1 aromatic heterocycles. The van der Waals surface area contributed by atoms with Crippen LogP contribution in [0.25, 0.3) is 11.3 Å². The van der Waals surface area contributed by atoms with Crippen LogP contribution in [0.1, 0.15) is 16.1 Å². The van der Waals surface area contributed by atoms with Crippen molar-refractivity contribution in [2.45, 2.75) is 0 Å². The number of hydrogen-bond acceptors (Lipinski definition) is 6. The van der Waals surface area contributed by atoms with Gasteiger partial charge >= 0.3 is 5.97 Å². The van der Waals surface area contributed by atoms with E-state index in [1.807, 2.05) is 4.90 Å². The van der Waals surface area contributed by atoms with Gasteiger partial charge in [-0.3, -0.25) is 5.43 Å². The van der Waals surface area contributed by atoms with Crippen molar-refractivity contribution >= 4 is 23.6 Å². The summed E-state index contributed by atoms with van der Waals surface area (Å²) < 4.78 is 25.2. The third-order valence-corrected chi connectivity index (χ3v) is 4.70. The van der Waals surface area contributed by atoms with E-state index in [-0.39, 0.29) is 11.4 Å². The summed E-state index contributed by atoms with van der Waals surface area (Å²) in [7, 11) is 0. The van der Waals surface area contributed by atoms with E-state index >= 15 is 0 Å². The van der Waals surface area contributed by atoms with E-state index in [1.54, 1.807) is 42.5 Å². The van der Waals surface area contributed by atoms with Crippen LogP contribution in [0.4, 0.5) is 15.8 Å². The third-order valence-electron chi connectivity index (χ3n) is 4.70. The fourth-order valence-corrected chi connectivity index (χ4v) is 3.18. The van der Waals surface area contributed by atoms with Crippen molar-refractivity contribution in [2.24, 2.45) is 5.10 Å². The van der Waals surface area contributed by atoms with Gasteiger partial charge in [0.25, 0.3) is 0 Å². The number of nitrogens with one attached hydrogen (secondary N) is 1. The predicted octanol–water partition coefficient (Wildman–Crippen LogP) is 4.07. The maximum absolute atomic E-state index is 14.2. The second-order valence-electron chi connectivity index (χ2n) is 6.72. The number of furan rings is 1. The molecular weight excluding hydrogens is 389 g/mol. The number of nitrogens with zero attached hydrogens (tertiary/aromatic N) is 2. The molecule has 7 nitrogen and oxygen atoms in total. The molecule has 2 heterocycles. The van der Waals surface area contributed by atoms with Crippen LogP contribution < -0.4 is 10.3 Å². The SMILES string of the molecule is O=C(O)c1cccc(-c2ccc(/C=N/Nc3ccc(F)c(N4CCOCC4)c3)o2)c1. The molecule has 0 radical (unpaired) electrons. The Morgan fingerprint density at radius 1 is 1.13 bits per heavy atom. The minimum absolute atomic E-state index is 0.188. The highest BCUT2D eigenvalue weighted by Gasteiger charge is 2.15. The molecule has 0 unspecified atom stereocenters. The lowest BCUT2D eigenvalue weighted by atomic mass is 10.1. The largest absolute Gasteiger partial charge is 0.478 e. The lowest BCUT2D eigenvalue weighted by Gasteiger charge is -2.29. The molecule has 0 spiro atoms. The maximum Gasteiger partial charge on any atom is 0.335 e. The topological polar surface area (TPSA) is 87.3 Å². The van der Waals surface area contributed by atoms with Gasteiger partial charge in [-0.15, -0.1) is 0 Å². The van der Waals surface area contributed by atoms with Gasteiger partial charge in [-0.25, -0.2) is 9.18 Å². The van der Waals surface area contributed by atoms with E-state index in [9.17, 15) is 9.18 Å². The molecule has 0 aliphatic carbocycles. The number of hydrogen-bond donors (Lipinski definition) is 2. The number of ether oxygens (including phenoxy) is 1. The molecule has 154 valence electrons. The Morgan fingerprint density at radius 2 is 1.97 bits per heavy atom. The first-order valence-corrected chi connectivity index (χ1v) is 9.45. The van der Waals surface area contributed by atoms with Crippen molar-refractivity contribution in [3.63, 3.8) is 0 Å². The number of morpholine rings is 1. The summed E-state index contributed by atoms with van der Waals surface area (Å²) in [6, 6.07) is 14.7. The Bertz CT molecular complexity index is 1070. The number of halogens is 1. The summed E-state index contributed by atoms with van der Waals surface area (Å²) in [5, 5.41) is 13.3. The van der Waals surface area contributed by atoms with Crippen LogP contribution in [-0.2, 0) is 4.74 Å². The number of anilines is 2. The zero-order valence-corrected chi connectivity index (χ0v) is 16.0. The number of benzene rings is 2. The maximum atomic E-state index is 14.2. The Kier molecular flexibility index (Phi) is 5.76. The number of carboxylic acid groups (broad SMARTS) is 1. The fraction of sp³-hybridized carbons (Fsp3) is 0.182. The van der Waals surface area contributed by atoms with E-state index in [2.05, 4.69) is 10.5 Å². The lowest BCUT2D eigenvalue weighted by Crippen LogP contribution is -2.36. The van der Waals surface area contributed by atoms with Gasteiger partial charge in [-0.1, -0.05) is 12.1 Å². The highest BCUT2D eigenvalue weighted by atomic mass is 19.1. The molecule has 3 aromatic rings. The van der Waals surface area contributed by atoms with E-state index in [0.717, 1.165) is 0 Å². The van der Waals surface area contributed by atoms with Crippen molar-refractivity contribution in [3.05, 3.63) is 71.7 Å². The number of aromatic carboxylic acids is 1. The standard InChI is InChI=1S/C22H20FN3O4/c23-19-6-4-17(13-20(19)26-8-10-29-11-9-26)25-24-14-18-5-7-21(30-18)15-2-1-3-16(12-15)22(27)28/h1-7,12-14,25H,8-11H2,(H,27,28)/b24-14+. The van der Waals surface area contributed by atoms with Gasteiger partial charge in [-0.2, -0.15) is 5.10 Å². The van der Waals surface area contributed by atoms with E-state index < -0.39 is 5.97 Å². The average Bonchev–Trinajstić information content (AvgIpc) is 3.24. The third kappa shape index (κ3) is 4.49. The summed E-state index contributed by atoms with van der Waals surface area (Å²) in [4.78, 5) is 13.1. The molecule has 8 heteroatoms. The van der Waals surface area contributed by atoms with Crippen molar-refractivity contribution in [1.82, 2.24) is 0 Å². The van der Waals surface area contributed by atoms with Gasteiger partial charge in [-0.05, 0) is 42.5 Å². The molecule has 1 fully saturated rings. The molecule has 1 saturated heterocycles. The molecule has 0 amide bonds. The molecule has 2 N–H and O–H groups in total. The predicted molar refractivity (Wildman–Crippen MR) is 112 cm³/mol. The minimum atomic E-state index is -0.995. The van der Waals surface area contributed by atoms with Crippen LogP contribution in [0.5, 0.6) is 0 Å². The van der Waals surface area contributed by atoms with Gasteiger partial charge < -0.3 is 19.2 Å². The molecule has 1 aliphatic rings. The lowest BCUT2D eigenvalue weighted by molar-refractivity contribution is 0.0697. The van der Waals surface area contributed by atoms with Crippen LogP contribution in [0, 0.1) is 5.82 Å². The normalized spacial score (nSPS) is 14.2. The summed E-state index contributed by atoms with van der Waals surface area (Å²) in [5.74, 6) is -0.250. The first kappa shape index (κ1) is 19.7. The summed E-state index contributed by atoms with van der Waals surface area (Å²) >= 11 is 0. The molecule has 0 saturated carbocycles. The Labute approximate surface area is 172 Å². The van der Waals surface area contributed by atoms with Gasteiger partial charge in [0.1, 0.15) is 17.3 Å². The zero-order valence-electron chi connectivity index (χ0n) is 16.0. The number of hydrazone groups is 1. The first-order chi connectivity index (χ1) is 14.6.